The number of primary amides is 1. The number of hydrogen-bond donors (Lipinski definition) is 1. The van der Waals surface area contributed by atoms with Crippen LogP contribution in [0.3, 0.4) is 0 Å². The van der Waals surface area contributed by atoms with Gasteiger partial charge in [0, 0.05) is 18.3 Å². The van der Waals surface area contributed by atoms with Gasteiger partial charge in [-0.1, -0.05) is 55.5 Å². The number of amides is 1. The molecule has 25 heavy (non-hydrogen) atoms. The van der Waals surface area contributed by atoms with Gasteiger partial charge in [-0.15, -0.1) is 0 Å². The van der Waals surface area contributed by atoms with Crippen molar-refractivity contribution in [3.63, 3.8) is 0 Å². The van der Waals surface area contributed by atoms with Crippen LogP contribution in [-0.4, -0.2) is 18.5 Å². The second-order valence-corrected chi connectivity index (χ2v) is 7.18. The molecule has 2 aromatic carbocycles. The van der Waals surface area contributed by atoms with Gasteiger partial charge >= 0.3 is 0 Å². The second-order valence-electron chi connectivity index (χ2n) is 7.18. The van der Waals surface area contributed by atoms with Gasteiger partial charge < -0.3 is 10.6 Å². The highest BCUT2D eigenvalue weighted by molar-refractivity contribution is 5.83. The Morgan fingerprint density at radius 2 is 1.76 bits per heavy atom. The van der Waals surface area contributed by atoms with E-state index in [1.54, 1.807) is 0 Å². The van der Waals surface area contributed by atoms with Crippen molar-refractivity contribution in [2.75, 3.05) is 11.4 Å². The molecule has 1 amide bonds. The number of carbonyl (C=O) groups is 1. The zero-order valence-electron chi connectivity index (χ0n) is 15.2. The summed E-state index contributed by atoms with van der Waals surface area (Å²) in [6.07, 6.45) is 3.74. The average Bonchev–Trinajstić information content (AvgIpc) is 2.63. The molecule has 0 spiro atoms. The molecule has 1 saturated heterocycles. The first-order valence-electron chi connectivity index (χ1n) is 9.29. The van der Waals surface area contributed by atoms with Crippen molar-refractivity contribution in [3.05, 3.63) is 65.7 Å². The number of nitrogens with zero attached hydrogens (tertiary/aromatic N) is 1. The van der Waals surface area contributed by atoms with Crippen LogP contribution in [0.4, 0.5) is 5.69 Å². The molecule has 3 atom stereocenters. The minimum Gasteiger partial charge on any atom is -0.369 e. The lowest BCUT2D eigenvalue weighted by atomic mass is 9.81. The summed E-state index contributed by atoms with van der Waals surface area (Å²) in [7, 11) is 0. The van der Waals surface area contributed by atoms with Gasteiger partial charge in [0.1, 0.15) is 0 Å². The smallest absolute Gasteiger partial charge is 0.225 e. The van der Waals surface area contributed by atoms with Crippen molar-refractivity contribution in [2.45, 2.75) is 51.0 Å². The molecule has 2 aromatic rings. The molecule has 0 aromatic heterocycles. The summed E-state index contributed by atoms with van der Waals surface area (Å²) in [6, 6.07) is 18.9. The number of carbonyl (C=O) groups excluding carboxylic acids is 1. The molecule has 3 nitrogen and oxygen atoms in total. The highest BCUT2D eigenvalue weighted by Crippen LogP contribution is 2.39. The number of piperidine rings is 1. The summed E-state index contributed by atoms with van der Waals surface area (Å²) in [5, 5.41) is 0. The summed E-state index contributed by atoms with van der Waals surface area (Å²) < 4.78 is 0. The Hall–Kier alpha value is -2.29. The third-order valence-corrected chi connectivity index (χ3v) is 5.50. The van der Waals surface area contributed by atoms with Gasteiger partial charge in [0.05, 0.1) is 5.92 Å². The molecular formula is C22H28N2O. The van der Waals surface area contributed by atoms with Crippen LogP contribution in [0.1, 0.15) is 56.1 Å². The lowest BCUT2D eigenvalue weighted by Gasteiger charge is -2.38. The molecule has 3 heteroatoms. The van der Waals surface area contributed by atoms with E-state index in [9.17, 15) is 4.79 Å². The summed E-state index contributed by atoms with van der Waals surface area (Å²) in [4.78, 5) is 14.8. The van der Waals surface area contributed by atoms with Crippen LogP contribution in [0.2, 0.25) is 0 Å². The first kappa shape index (κ1) is 17.5. The molecule has 3 unspecified atom stereocenters. The van der Waals surface area contributed by atoms with Crippen LogP contribution < -0.4 is 10.6 Å². The Morgan fingerprint density at radius 1 is 1.08 bits per heavy atom. The predicted octanol–water partition coefficient (Wildman–Crippen LogP) is 4.44. The number of hydrogen-bond acceptors (Lipinski definition) is 2. The lowest BCUT2D eigenvalue weighted by Crippen LogP contribution is -2.38. The van der Waals surface area contributed by atoms with E-state index >= 15 is 0 Å². The zero-order valence-corrected chi connectivity index (χ0v) is 15.2. The van der Waals surface area contributed by atoms with Crippen LogP contribution in [0, 0.1) is 0 Å². The molecule has 1 fully saturated rings. The van der Waals surface area contributed by atoms with Crippen molar-refractivity contribution < 1.29 is 4.79 Å². The summed E-state index contributed by atoms with van der Waals surface area (Å²) >= 11 is 0. The molecular weight excluding hydrogens is 308 g/mol. The van der Waals surface area contributed by atoms with E-state index in [0.29, 0.717) is 6.04 Å². The number of para-hydroxylation sites is 1. The van der Waals surface area contributed by atoms with E-state index in [1.807, 2.05) is 30.3 Å². The van der Waals surface area contributed by atoms with Crippen molar-refractivity contribution in [1.82, 2.24) is 0 Å². The maximum atomic E-state index is 12.3. The van der Waals surface area contributed by atoms with Crippen molar-refractivity contribution in [3.8, 4) is 0 Å². The molecule has 0 aliphatic carbocycles. The molecule has 0 saturated carbocycles. The van der Waals surface area contributed by atoms with Crippen LogP contribution in [0.15, 0.2) is 54.6 Å². The maximum Gasteiger partial charge on any atom is 0.225 e. The van der Waals surface area contributed by atoms with Gasteiger partial charge in [-0.05, 0) is 49.3 Å². The maximum absolute atomic E-state index is 12.3. The minimum atomic E-state index is -0.317. The Bertz CT molecular complexity index is 713. The van der Waals surface area contributed by atoms with Gasteiger partial charge in [-0.2, -0.15) is 0 Å². The standard InChI is InChI=1S/C22H28N2O/c1-16-10-8-9-15-24(16)20-14-7-6-13-19(20)17(2)21(22(23)25)18-11-4-3-5-12-18/h3-7,11-14,16-17,21H,8-10,15H2,1-2H3,(H2,23,25). The van der Waals surface area contributed by atoms with E-state index in [2.05, 4.69) is 43.0 Å². The third kappa shape index (κ3) is 3.71. The molecule has 0 radical (unpaired) electrons. The van der Waals surface area contributed by atoms with Gasteiger partial charge in [0.2, 0.25) is 5.91 Å². The first-order chi connectivity index (χ1) is 12.1. The van der Waals surface area contributed by atoms with Gasteiger partial charge in [0.15, 0.2) is 0 Å². The number of nitrogens with two attached hydrogens (primary N) is 1. The van der Waals surface area contributed by atoms with Crippen LogP contribution in [-0.2, 0) is 4.79 Å². The SMILES string of the molecule is CC(c1ccccc1N1CCCCC1C)C(C(N)=O)c1ccccc1. The first-order valence-corrected chi connectivity index (χ1v) is 9.29. The van der Waals surface area contributed by atoms with Crippen LogP contribution in [0.25, 0.3) is 0 Å². The van der Waals surface area contributed by atoms with E-state index in [4.69, 9.17) is 5.73 Å². The lowest BCUT2D eigenvalue weighted by molar-refractivity contribution is -0.119. The van der Waals surface area contributed by atoms with E-state index in [0.717, 1.165) is 12.1 Å². The monoisotopic (exact) mass is 336 g/mol. The number of benzene rings is 2. The van der Waals surface area contributed by atoms with Crippen molar-refractivity contribution in [2.24, 2.45) is 5.73 Å². The predicted molar refractivity (Wildman–Crippen MR) is 104 cm³/mol. The average molecular weight is 336 g/mol. The fourth-order valence-corrected chi connectivity index (χ4v) is 4.13. The molecule has 132 valence electrons. The summed E-state index contributed by atoms with van der Waals surface area (Å²) in [6.45, 7) is 5.50. The van der Waals surface area contributed by atoms with Gasteiger partial charge in [-0.25, -0.2) is 0 Å². The molecule has 1 aliphatic rings. The molecule has 2 N–H and O–H groups in total. The van der Waals surface area contributed by atoms with E-state index in [1.165, 1.54) is 30.5 Å². The third-order valence-electron chi connectivity index (χ3n) is 5.50. The van der Waals surface area contributed by atoms with Gasteiger partial charge in [0.25, 0.3) is 0 Å². The fourth-order valence-electron chi connectivity index (χ4n) is 4.13. The van der Waals surface area contributed by atoms with Crippen LogP contribution >= 0.6 is 0 Å². The Morgan fingerprint density at radius 3 is 2.44 bits per heavy atom. The zero-order chi connectivity index (χ0) is 17.8. The largest absolute Gasteiger partial charge is 0.369 e. The number of rotatable bonds is 5. The Kier molecular flexibility index (Phi) is 5.42. The van der Waals surface area contributed by atoms with Crippen molar-refractivity contribution in [1.29, 1.82) is 0 Å². The normalized spacial score (nSPS) is 20.1. The molecule has 1 aliphatic heterocycles. The quantitative estimate of drug-likeness (QED) is 0.877. The van der Waals surface area contributed by atoms with E-state index in [-0.39, 0.29) is 17.7 Å². The topological polar surface area (TPSA) is 46.3 Å². The van der Waals surface area contributed by atoms with Gasteiger partial charge in [-0.3, -0.25) is 4.79 Å². The van der Waals surface area contributed by atoms with Crippen molar-refractivity contribution >= 4 is 11.6 Å². The second kappa shape index (κ2) is 7.73. The molecule has 0 bridgehead atoms. The highest BCUT2D eigenvalue weighted by atomic mass is 16.1. The minimum absolute atomic E-state index is 0.0326. The highest BCUT2D eigenvalue weighted by Gasteiger charge is 2.29. The molecule has 3 rings (SSSR count). The number of anilines is 1. The Labute approximate surface area is 150 Å². The summed E-state index contributed by atoms with van der Waals surface area (Å²) in [5.41, 5.74) is 9.27. The molecule has 1 heterocycles. The summed E-state index contributed by atoms with van der Waals surface area (Å²) in [5.74, 6) is -0.548. The Balaban J connectivity index is 1.99. The van der Waals surface area contributed by atoms with E-state index < -0.39 is 0 Å². The fraction of sp³-hybridized carbons (Fsp3) is 0.409. The van der Waals surface area contributed by atoms with Crippen LogP contribution in [0.5, 0.6) is 0 Å².